The molecular formula is C25H25N4O5-. The maximum absolute atomic E-state index is 13.7. The fourth-order valence-corrected chi connectivity index (χ4v) is 5.67. The minimum Gasteiger partial charge on any atom is -0.733 e. The van der Waals surface area contributed by atoms with Gasteiger partial charge in [-0.25, -0.2) is 0 Å². The Hall–Kier alpha value is -3.40. The van der Waals surface area contributed by atoms with Crippen LogP contribution in [0, 0.1) is 5.21 Å². The van der Waals surface area contributed by atoms with E-state index in [1.54, 1.807) is 21.9 Å². The van der Waals surface area contributed by atoms with Gasteiger partial charge in [0.2, 0.25) is 11.8 Å². The van der Waals surface area contributed by atoms with E-state index >= 15 is 0 Å². The van der Waals surface area contributed by atoms with Crippen LogP contribution in [0.1, 0.15) is 35.7 Å². The number of piperazine rings is 1. The first kappa shape index (κ1) is 21.2. The van der Waals surface area contributed by atoms with Crippen LogP contribution in [0.3, 0.4) is 0 Å². The highest BCUT2D eigenvalue weighted by Crippen LogP contribution is 2.43. The summed E-state index contributed by atoms with van der Waals surface area (Å²) < 4.78 is 5.72. The number of rotatable bonds is 4. The van der Waals surface area contributed by atoms with Crippen LogP contribution in [-0.2, 0) is 20.7 Å². The van der Waals surface area contributed by atoms with Crippen LogP contribution in [0.4, 0.5) is 5.69 Å². The molecule has 0 spiro atoms. The number of benzene rings is 2. The molecule has 2 fully saturated rings. The van der Waals surface area contributed by atoms with Crippen LogP contribution in [0.15, 0.2) is 48.5 Å². The molecule has 9 nitrogen and oxygen atoms in total. The molecule has 3 aliphatic heterocycles. The largest absolute Gasteiger partial charge is 0.733 e. The first-order valence-electron chi connectivity index (χ1n) is 11.6. The number of nitrogens with one attached hydrogen (secondary N) is 1. The monoisotopic (exact) mass is 461 g/mol. The lowest BCUT2D eigenvalue weighted by molar-refractivity contribution is -0.159. The Morgan fingerprint density at radius 3 is 2.82 bits per heavy atom. The number of fused-ring (bicyclic) bond motifs is 4. The van der Waals surface area contributed by atoms with Crippen molar-refractivity contribution in [3.63, 3.8) is 0 Å². The van der Waals surface area contributed by atoms with Crippen LogP contribution in [-0.4, -0.2) is 63.6 Å². The van der Waals surface area contributed by atoms with Gasteiger partial charge < -0.3 is 30.0 Å². The van der Waals surface area contributed by atoms with Gasteiger partial charge in [-0.05, 0) is 42.2 Å². The van der Waals surface area contributed by atoms with Gasteiger partial charge in [0.25, 0.3) is 0 Å². The van der Waals surface area contributed by atoms with Crippen molar-refractivity contribution in [2.75, 3.05) is 24.9 Å². The highest BCUT2D eigenvalue weighted by molar-refractivity contribution is 5.97. The molecule has 6 rings (SSSR count). The number of carbonyl (C=O) groups excluding carboxylic acids is 2. The number of aromatic amines is 1. The summed E-state index contributed by atoms with van der Waals surface area (Å²) in [7, 11) is 0. The summed E-state index contributed by atoms with van der Waals surface area (Å²) in [6.45, 7) is 1.11. The molecule has 4 heterocycles. The van der Waals surface area contributed by atoms with Gasteiger partial charge in [0.1, 0.15) is 6.04 Å². The molecular weight excluding hydrogens is 436 g/mol. The number of ether oxygens (including phenoxy) is 1. The van der Waals surface area contributed by atoms with Gasteiger partial charge in [-0.15, -0.1) is 0 Å². The molecule has 3 atom stereocenters. The number of H-pyrrole nitrogens is 1. The molecule has 9 heteroatoms. The average molecular weight is 461 g/mol. The zero-order chi connectivity index (χ0) is 23.4. The van der Waals surface area contributed by atoms with E-state index in [2.05, 4.69) is 4.98 Å². The van der Waals surface area contributed by atoms with E-state index in [9.17, 15) is 20.0 Å². The fourth-order valence-electron chi connectivity index (χ4n) is 5.67. The van der Waals surface area contributed by atoms with Crippen LogP contribution in [0.2, 0.25) is 0 Å². The highest BCUT2D eigenvalue weighted by atomic mass is 16.8. The second-order valence-electron chi connectivity index (χ2n) is 9.21. The van der Waals surface area contributed by atoms with Crippen molar-refractivity contribution in [3.8, 4) is 0 Å². The third kappa shape index (κ3) is 3.35. The summed E-state index contributed by atoms with van der Waals surface area (Å²) in [5.74, 6) is -0.231. The third-order valence-corrected chi connectivity index (χ3v) is 7.20. The van der Waals surface area contributed by atoms with Crippen LogP contribution in [0.25, 0.3) is 10.9 Å². The second-order valence-corrected chi connectivity index (χ2v) is 9.21. The summed E-state index contributed by atoms with van der Waals surface area (Å²) in [5.41, 5.74) is 3.47. The predicted octanol–water partition coefficient (Wildman–Crippen LogP) is 2.73. The molecule has 176 valence electrons. The number of amides is 2. The van der Waals surface area contributed by atoms with Gasteiger partial charge in [0.15, 0.2) is 0 Å². The lowest BCUT2D eigenvalue weighted by atomic mass is 9.86. The molecule has 0 aliphatic carbocycles. The molecule has 2 aromatic carbocycles. The quantitative estimate of drug-likeness (QED) is 0.578. The molecule has 0 saturated carbocycles. The van der Waals surface area contributed by atoms with Crippen molar-refractivity contribution in [3.05, 3.63) is 70.6 Å². The molecule has 1 aromatic heterocycles. The lowest BCUT2D eigenvalue weighted by Crippen LogP contribution is -2.63. The SMILES string of the molecule is O=C1C2Cc3c([nH]c4ccccc34)C(c3cccc(N([O-])O)c3)N2C(=O)CN1CC1CCCO1. The standard InChI is InChI=1S/C25H25N4O5/c30-22-14-27(13-17-7-4-10-34-17)25(31)21-12-19-18-8-1-2-9-20(18)26-23(19)24(28(21)22)15-5-3-6-16(11-15)29(32)33/h1-3,5-6,8-9,11,17,21,24,26,32H,4,7,10,12-14H2/q-1. The molecule has 34 heavy (non-hydrogen) atoms. The predicted molar refractivity (Wildman–Crippen MR) is 124 cm³/mol. The lowest BCUT2D eigenvalue weighted by Gasteiger charge is -2.47. The summed E-state index contributed by atoms with van der Waals surface area (Å²) in [6, 6.07) is 13.2. The minimum absolute atomic E-state index is 0.00533. The molecule has 2 saturated heterocycles. The van der Waals surface area contributed by atoms with Crippen molar-refractivity contribution in [1.82, 2.24) is 14.8 Å². The number of hydrogen-bond acceptors (Lipinski definition) is 6. The first-order valence-corrected chi connectivity index (χ1v) is 11.6. The van der Waals surface area contributed by atoms with Gasteiger partial charge in [-0.1, -0.05) is 30.3 Å². The molecule has 3 unspecified atom stereocenters. The second kappa shape index (κ2) is 8.12. The van der Waals surface area contributed by atoms with Gasteiger partial charge in [-0.3, -0.25) is 14.8 Å². The van der Waals surface area contributed by atoms with Crippen LogP contribution in [0.5, 0.6) is 0 Å². The summed E-state index contributed by atoms with van der Waals surface area (Å²) in [4.78, 5) is 34.0. The summed E-state index contributed by atoms with van der Waals surface area (Å²) in [5, 5.41) is 21.9. The van der Waals surface area contributed by atoms with Crippen molar-refractivity contribution in [1.29, 1.82) is 0 Å². The number of nitrogens with zero attached hydrogens (tertiary/aromatic N) is 3. The van der Waals surface area contributed by atoms with E-state index in [1.807, 2.05) is 30.3 Å². The first-order chi connectivity index (χ1) is 16.5. The average Bonchev–Trinajstić information content (AvgIpc) is 3.48. The molecule has 2 amide bonds. The molecule has 0 bridgehead atoms. The third-order valence-electron chi connectivity index (χ3n) is 7.20. The topological polar surface area (TPSA) is 112 Å². The Labute approximate surface area is 196 Å². The van der Waals surface area contributed by atoms with Gasteiger partial charge in [0.05, 0.1) is 24.4 Å². The number of aromatic nitrogens is 1. The van der Waals surface area contributed by atoms with E-state index in [1.165, 1.54) is 6.07 Å². The maximum Gasteiger partial charge on any atom is 0.246 e. The van der Waals surface area contributed by atoms with Gasteiger partial charge in [0, 0.05) is 36.2 Å². The van der Waals surface area contributed by atoms with Gasteiger partial charge in [-0.2, -0.15) is 0 Å². The zero-order valence-corrected chi connectivity index (χ0v) is 18.5. The van der Waals surface area contributed by atoms with E-state index in [-0.39, 0.29) is 35.4 Å². The molecule has 0 radical (unpaired) electrons. The van der Waals surface area contributed by atoms with Crippen molar-refractivity contribution in [2.45, 2.75) is 37.5 Å². The van der Waals surface area contributed by atoms with Gasteiger partial charge >= 0.3 is 0 Å². The molecule has 3 aliphatic rings. The number of carbonyl (C=O) groups is 2. The Kier molecular flexibility index (Phi) is 5.05. The van der Waals surface area contributed by atoms with Crippen molar-refractivity contribution in [2.24, 2.45) is 0 Å². The Balaban J connectivity index is 1.46. The minimum atomic E-state index is -0.652. The van der Waals surface area contributed by atoms with E-state index in [0.717, 1.165) is 35.0 Å². The highest BCUT2D eigenvalue weighted by Gasteiger charge is 2.48. The summed E-state index contributed by atoms with van der Waals surface area (Å²) in [6.07, 6.45) is 2.24. The normalized spacial score (nSPS) is 24.5. The van der Waals surface area contributed by atoms with Crippen molar-refractivity contribution < 1.29 is 19.5 Å². The Morgan fingerprint density at radius 2 is 2.03 bits per heavy atom. The number of anilines is 1. The maximum atomic E-state index is 13.7. The number of hydrogen-bond donors (Lipinski definition) is 2. The van der Waals surface area contributed by atoms with Crippen molar-refractivity contribution >= 4 is 28.4 Å². The van der Waals surface area contributed by atoms with E-state index < -0.39 is 12.1 Å². The fraction of sp³-hybridized carbons (Fsp3) is 0.360. The van der Waals surface area contributed by atoms with E-state index in [0.29, 0.717) is 25.1 Å². The molecule has 2 N–H and O–H groups in total. The Morgan fingerprint density at radius 1 is 1.18 bits per heavy atom. The summed E-state index contributed by atoms with van der Waals surface area (Å²) >= 11 is 0. The zero-order valence-electron chi connectivity index (χ0n) is 18.5. The van der Waals surface area contributed by atoms with Crippen LogP contribution < -0.4 is 5.23 Å². The Bertz CT molecular complexity index is 1270. The van der Waals surface area contributed by atoms with Crippen LogP contribution >= 0.6 is 0 Å². The van der Waals surface area contributed by atoms with E-state index in [4.69, 9.17) is 4.74 Å². The smallest absolute Gasteiger partial charge is 0.246 e. The molecule has 3 aromatic rings. The number of para-hydroxylation sites is 1.